The van der Waals surface area contributed by atoms with Crippen LogP contribution in [0.4, 0.5) is 5.82 Å². The summed E-state index contributed by atoms with van der Waals surface area (Å²) in [5.41, 5.74) is 0.790. The van der Waals surface area contributed by atoms with Crippen molar-refractivity contribution >= 4 is 35.3 Å². The number of allylic oxidation sites excluding steroid dienone is 1. The minimum absolute atomic E-state index is 0.0447. The number of amides is 3. The third kappa shape index (κ3) is 4.70. The second-order valence-electron chi connectivity index (χ2n) is 7.68. The van der Waals surface area contributed by atoms with E-state index in [0.29, 0.717) is 24.5 Å². The van der Waals surface area contributed by atoms with E-state index in [1.54, 1.807) is 47.5 Å². The first-order valence-corrected chi connectivity index (χ1v) is 11.3. The molecule has 0 aliphatic carbocycles. The molecule has 2 aliphatic heterocycles. The van der Waals surface area contributed by atoms with E-state index in [2.05, 4.69) is 27.6 Å². The fraction of sp³-hybridized carbons (Fsp3) is 0.600. The first-order chi connectivity index (χ1) is 14.3. The maximum atomic E-state index is 13.3. The van der Waals surface area contributed by atoms with Crippen LogP contribution in [0.25, 0.3) is 0 Å². The van der Waals surface area contributed by atoms with E-state index in [1.807, 2.05) is 6.92 Å². The Morgan fingerprint density at radius 1 is 1.43 bits per heavy atom. The quantitative estimate of drug-likeness (QED) is 0.550. The zero-order valence-corrected chi connectivity index (χ0v) is 18.5. The Bertz CT molecular complexity index is 825. The second-order valence-corrected chi connectivity index (χ2v) is 8.89. The SMILES string of the molecule is C=CCn1nc(C)cc1NC(=O)[C@@H]1CS[C@@H]2CCCC(NC(=O)[C@H](C)NC)C(=O)N21. The monoisotopic (exact) mass is 434 g/mol. The molecule has 0 spiro atoms. The van der Waals surface area contributed by atoms with Gasteiger partial charge in [0.1, 0.15) is 17.9 Å². The average Bonchev–Trinajstić information content (AvgIpc) is 3.25. The molecule has 10 heteroatoms. The van der Waals surface area contributed by atoms with Gasteiger partial charge in [0.15, 0.2) is 0 Å². The van der Waals surface area contributed by atoms with Crippen molar-refractivity contribution in [3.05, 3.63) is 24.4 Å². The van der Waals surface area contributed by atoms with Gasteiger partial charge >= 0.3 is 0 Å². The maximum Gasteiger partial charge on any atom is 0.249 e. The number of carbonyl (C=O) groups is 3. The highest BCUT2D eigenvalue weighted by molar-refractivity contribution is 8.00. The summed E-state index contributed by atoms with van der Waals surface area (Å²) in [6.07, 6.45) is 3.91. The number of anilines is 1. The summed E-state index contributed by atoms with van der Waals surface area (Å²) < 4.78 is 1.67. The van der Waals surface area contributed by atoms with Crippen molar-refractivity contribution in [3.63, 3.8) is 0 Å². The van der Waals surface area contributed by atoms with Crippen LogP contribution in [0.15, 0.2) is 18.7 Å². The van der Waals surface area contributed by atoms with Crippen LogP contribution in [0.1, 0.15) is 31.9 Å². The van der Waals surface area contributed by atoms with Crippen molar-refractivity contribution in [3.8, 4) is 0 Å². The molecule has 1 aromatic heterocycles. The number of carbonyl (C=O) groups excluding carboxylic acids is 3. The number of nitrogens with one attached hydrogen (secondary N) is 3. The number of likely N-dealkylation sites (N-methyl/N-ethyl adjacent to an activating group) is 1. The van der Waals surface area contributed by atoms with E-state index >= 15 is 0 Å². The normalized spacial score (nSPS) is 24.7. The van der Waals surface area contributed by atoms with Crippen LogP contribution in [-0.2, 0) is 20.9 Å². The van der Waals surface area contributed by atoms with Crippen molar-refractivity contribution in [2.75, 3.05) is 18.1 Å². The van der Waals surface area contributed by atoms with Gasteiger partial charge < -0.3 is 20.9 Å². The van der Waals surface area contributed by atoms with Crippen molar-refractivity contribution < 1.29 is 14.4 Å². The second kappa shape index (κ2) is 9.65. The standard InChI is InChI=1S/C20H30N6O3S/c1-5-9-25-16(10-12(2)24-25)23-19(28)15-11-30-17-8-6-7-14(20(29)26(15)17)22-18(27)13(3)21-4/h5,10,13-15,17,21H,1,6-9,11H2,2-4H3,(H,22,27)(H,23,28)/t13-,14?,15-,17+/m0/s1. The topological polar surface area (TPSA) is 108 Å². The minimum atomic E-state index is -0.610. The molecule has 1 aromatic rings. The van der Waals surface area contributed by atoms with E-state index in [4.69, 9.17) is 0 Å². The van der Waals surface area contributed by atoms with Gasteiger partial charge in [0.25, 0.3) is 0 Å². The molecular weight excluding hydrogens is 404 g/mol. The Balaban J connectivity index is 1.75. The summed E-state index contributed by atoms with van der Waals surface area (Å²) in [5, 5.41) is 13.0. The van der Waals surface area contributed by atoms with Crippen LogP contribution < -0.4 is 16.0 Å². The molecule has 0 saturated carbocycles. The molecular formula is C20H30N6O3S. The van der Waals surface area contributed by atoms with Crippen molar-refractivity contribution in [1.29, 1.82) is 0 Å². The smallest absolute Gasteiger partial charge is 0.249 e. The molecule has 164 valence electrons. The lowest BCUT2D eigenvalue weighted by molar-refractivity contribution is -0.141. The highest BCUT2D eigenvalue weighted by Crippen LogP contribution is 2.36. The largest absolute Gasteiger partial charge is 0.343 e. The summed E-state index contributed by atoms with van der Waals surface area (Å²) in [6.45, 7) is 7.80. The van der Waals surface area contributed by atoms with Gasteiger partial charge in [-0.15, -0.1) is 18.3 Å². The maximum absolute atomic E-state index is 13.3. The Morgan fingerprint density at radius 3 is 2.90 bits per heavy atom. The third-order valence-electron chi connectivity index (χ3n) is 5.49. The van der Waals surface area contributed by atoms with E-state index < -0.39 is 18.1 Å². The third-order valence-corrected chi connectivity index (χ3v) is 6.85. The molecule has 2 fully saturated rings. The van der Waals surface area contributed by atoms with Gasteiger partial charge in [-0.3, -0.25) is 14.4 Å². The lowest BCUT2D eigenvalue weighted by atomic mass is 10.1. The number of nitrogens with zero attached hydrogens (tertiary/aromatic N) is 3. The first-order valence-electron chi connectivity index (χ1n) is 10.2. The van der Waals surface area contributed by atoms with Crippen molar-refractivity contribution in [2.24, 2.45) is 0 Å². The number of hydrogen-bond acceptors (Lipinski definition) is 6. The van der Waals surface area contributed by atoms with E-state index in [9.17, 15) is 14.4 Å². The summed E-state index contributed by atoms with van der Waals surface area (Å²) >= 11 is 1.62. The zero-order chi connectivity index (χ0) is 21.8. The van der Waals surface area contributed by atoms with Crippen LogP contribution in [0.3, 0.4) is 0 Å². The number of aromatic nitrogens is 2. The van der Waals surface area contributed by atoms with Crippen LogP contribution in [-0.4, -0.2) is 68.7 Å². The number of thioether (sulfide) groups is 1. The highest BCUT2D eigenvalue weighted by atomic mass is 32.2. The molecule has 3 amide bonds. The Hall–Kier alpha value is -2.33. The summed E-state index contributed by atoms with van der Waals surface area (Å²) in [7, 11) is 1.70. The van der Waals surface area contributed by atoms with Crippen LogP contribution >= 0.6 is 11.8 Å². The molecule has 1 unspecified atom stereocenters. The first kappa shape index (κ1) is 22.4. The van der Waals surface area contributed by atoms with Gasteiger partial charge in [-0.25, -0.2) is 4.68 Å². The predicted molar refractivity (Wildman–Crippen MR) is 117 cm³/mol. The molecule has 0 radical (unpaired) electrons. The molecule has 3 rings (SSSR count). The van der Waals surface area contributed by atoms with Gasteiger partial charge in [0.2, 0.25) is 17.7 Å². The number of fused-ring (bicyclic) bond motifs is 1. The van der Waals surface area contributed by atoms with Gasteiger partial charge in [-0.1, -0.05) is 6.08 Å². The fourth-order valence-electron chi connectivity index (χ4n) is 3.76. The van der Waals surface area contributed by atoms with Crippen LogP contribution in [0.2, 0.25) is 0 Å². The Kier molecular flexibility index (Phi) is 7.19. The molecule has 2 saturated heterocycles. The summed E-state index contributed by atoms with van der Waals surface area (Å²) in [6, 6.07) is 0.213. The number of rotatable bonds is 7. The average molecular weight is 435 g/mol. The van der Waals surface area contributed by atoms with E-state index in [-0.39, 0.29) is 23.1 Å². The van der Waals surface area contributed by atoms with Gasteiger partial charge in [0, 0.05) is 11.8 Å². The molecule has 9 nitrogen and oxygen atoms in total. The zero-order valence-electron chi connectivity index (χ0n) is 17.7. The molecule has 4 atom stereocenters. The number of aryl methyl sites for hydroxylation is 1. The Morgan fingerprint density at radius 2 is 2.20 bits per heavy atom. The van der Waals surface area contributed by atoms with Gasteiger partial charge in [0.05, 0.1) is 23.7 Å². The lowest BCUT2D eigenvalue weighted by Crippen LogP contribution is -2.55. The van der Waals surface area contributed by atoms with Gasteiger partial charge in [-0.2, -0.15) is 5.10 Å². The summed E-state index contributed by atoms with van der Waals surface area (Å²) in [5.74, 6) is 0.478. The van der Waals surface area contributed by atoms with Gasteiger partial charge in [-0.05, 0) is 40.2 Å². The van der Waals surface area contributed by atoms with E-state index in [1.165, 1.54) is 0 Å². The molecule has 30 heavy (non-hydrogen) atoms. The molecule has 0 bridgehead atoms. The Labute approximate surface area is 181 Å². The fourth-order valence-corrected chi connectivity index (χ4v) is 5.22. The van der Waals surface area contributed by atoms with Crippen molar-refractivity contribution in [2.45, 2.75) is 63.2 Å². The molecule has 0 aromatic carbocycles. The van der Waals surface area contributed by atoms with Crippen molar-refractivity contribution in [1.82, 2.24) is 25.3 Å². The number of hydrogen-bond donors (Lipinski definition) is 3. The van der Waals surface area contributed by atoms with E-state index in [0.717, 1.165) is 18.5 Å². The summed E-state index contributed by atoms with van der Waals surface area (Å²) in [4.78, 5) is 40.3. The highest BCUT2D eigenvalue weighted by Gasteiger charge is 2.45. The molecule has 2 aliphatic rings. The molecule has 3 heterocycles. The minimum Gasteiger partial charge on any atom is -0.343 e. The lowest BCUT2D eigenvalue weighted by Gasteiger charge is -2.30. The predicted octanol–water partition coefficient (Wildman–Crippen LogP) is 0.863. The van der Waals surface area contributed by atoms with Crippen LogP contribution in [0.5, 0.6) is 0 Å². The molecule has 3 N–H and O–H groups in total. The van der Waals surface area contributed by atoms with Crippen LogP contribution in [0, 0.1) is 6.92 Å².